The van der Waals surface area contributed by atoms with Gasteiger partial charge in [-0.3, -0.25) is 0 Å². The lowest BCUT2D eigenvalue weighted by Gasteiger charge is -2.20. The van der Waals surface area contributed by atoms with E-state index < -0.39 is 0 Å². The highest BCUT2D eigenvalue weighted by Crippen LogP contribution is 2.28. The van der Waals surface area contributed by atoms with E-state index in [1.165, 1.54) is 80.1 Å². The summed E-state index contributed by atoms with van der Waals surface area (Å²) in [5.41, 5.74) is 8.44. The summed E-state index contributed by atoms with van der Waals surface area (Å²) in [5.74, 6) is 0.893. The largest absolute Gasteiger partial charge is 0.100 e. The lowest BCUT2D eigenvalue weighted by atomic mass is 9.85. The Hall–Kier alpha value is -1.82. The summed E-state index contributed by atoms with van der Waals surface area (Å²) in [6, 6.07) is 8.83. The van der Waals surface area contributed by atoms with E-state index in [-0.39, 0.29) is 0 Å². The summed E-state index contributed by atoms with van der Waals surface area (Å²) in [5, 5.41) is 0. The van der Waals surface area contributed by atoms with Crippen LogP contribution in [-0.4, -0.2) is 0 Å². The van der Waals surface area contributed by atoms with Gasteiger partial charge < -0.3 is 0 Å². The summed E-state index contributed by atoms with van der Waals surface area (Å²) >= 11 is 0. The first-order valence-corrected chi connectivity index (χ1v) is 12.6. The highest BCUT2D eigenvalue weighted by molar-refractivity contribution is 5.35. The summed E-state index contributed by atoms with van der Waals surface area (Å²) in [4.78, 5) is 0. The molecule has 0 heterocycles. The first-order valence-electron chi connectivity index (χ1n) is 12.6. The molecule has 31 heavy (non-hydrogen) atoms. The van der Waals surface area contributed by atoms with Gasteiger partial charge in [0.2, 0.25) is 0 Å². The SMILES string of the molecule is C=C(/C=C1/CCCCC1=C)CC.C=C(C)CCC.CC.CC1CCc2ccccc2C1. The Bertz CT molecular complexity index is 686. The molecule has 1 aromatic carbocycles. The van der Waals surface area contributed by atoms with E-state index in [0.29, 0.717) is 0 Å². The van der Waals surface area contributed by atoms with Gasteiger partial charge in [-0.1, -0.05) is 101 Å². The van der Waals surface area contributed by atoms with Crippen LogP contribution >= 0.6 is 0 Å². The lowest BCUT2D eigenvalue weighted by Crippen LogP contribution is -2.10. The van der Waals surface area contributed by atoms with Crippen molar-refractivity contribution in [3.8, 4) is 0 Å². The highest BCUT2D eigenvalue weighted by atomic mass is 14.2. The molecule has 0 amide bonds. The molecule has 174 valence electrons. The Balaban J connectivity index is 0.000000440. The smallest absolute Gasteiger partial charge is 0.0250 e. The van der Waals surface area contributed by atoms with Gasteiger partial charge in [0.1, 0.15) is 0 Å². The van der Waals surface area contributed by atoms with Gasteiger partial charge >= 0.3 is 0 Å². The molecule has 0 aliphatic heterocycles. The number of hydrogen-bond acceptors (Lipinski definition) is 0. The number of benzene rings is 1. The maximum Gasteiger partial charge on any atom is -0.0250 e. The normalized spacial score (nSPS) is 18.2. The molecule has 0 nitrogen and oxygen atoms in total. The maximum absolute atomic E-state index is 4.07. The fourth-order valence-electron chi connectivity index (χ4n) is 3.82. The van der Waals surface area contributed by atoms with E-state index in [4.69, 9.17) is 0 Å². The van der Waals surface area contributed by atoms with Gasteiger partial charge in [-0.05, 0) is 87.3 Å². The summed E-state index contributed by atoms with van der Waals surface area (Å²) in [6.45, 7) is 24.5. The van der Waals surface area contributed by atoms with Crippen LogP contribution in [0.2, 0.25) is 0 Å². The molecule has 0 bridgehead atoms. The van der Waals surface area contributed by atoms with Crippen LogP contribution in [0.1, 0.15) is 104 Å². The van der Waals surface area contributed by atoms with Crippen LogP contribution in [0.3, 0.4) is 0 Å². The van der Waals surface area contributed by atoms with Crippen LogP contribution < -0.4 is 0 Å². The predicted molar refractivity (Wildman–Crippen MR) is 144 cm³/mol. The zero-order chi connectivity index (χ0) is 23.6. The summed E-state index contributed by atoms with van der Waals surface area (Å²) in [6.07, 6.45) is 14.7. The standard InChI is InChI=1S/C12H18.C11H14.C6H12.C2H6/c1-4-10(2)9-12-8-6-5-7-11(12)3;1-9-6-7-10-4-2-3-5-11(10)8-9;1-4-5-6(2)3;1-2/h9H,2-8H2,1H3;2-5,9H,6-8H2,1H3;2,4-5H2,1,3H3;1-2H3/b12-9-;;;. The zero-order valence-electron chi connectivity index (χ0n) is 21.7. The quantitative estimate of drug-likeness (QED) is 0.423. The third kappa shape index (κ3) is 13.2. The van der Waals surface area contributed by atoms with Crippen molar-refractivity contribution in [2.24, 2.45) is 5.92 Å². The first-order chi connectivity index (χ1) is 14.9. The monoisotopic (exact) mass is 422 g/mol. The van der Waals surface area contributed by atoms with E-state index in [1.807, 2.05) is 13.8 Å². The molecule has 2 aliphatic rings. The van der Waals surface area contributed by atoms with E-state index in [9.17, 15) is 0 Å². The van der Waals surface area contributed by atoms with E-state index in [0.717, 1.165) is 12.3 Å². The van der Waals surface area contributed by atoms with Crippen LogP contribution in [-0.2, 0) is 12.8 Å². The number of aryl methyl sites for hydroxylation is 1. The molecule has 0 spiro atoms. The molecule has 1 atom stereocenters. The predicted octanol–water partition coefficient (Wildman–Crippen LogP) is 10.2. The van der Waals surface area contributed by atoms with Crippen LogP contribution in [0, 0.1) is 5.92 Å². The second-order valence-electron chi connectivity index (χ2n) is 8.82. The molecule has 0 radical (unpaired) electrons. The Kier molecular flexibility index (Phi) is 16.8. The van der Waals surface area contributed by atoms with Gasteiger partial charge in [0.15, 0.2) is 0 Å². The lowest BCUT2D eigenvalue weighted by molar-refractivity contribution is 0.501. The molecule has 0 heteroatoms. The number of fused-ring (bicyclic) bond motifs is 1. The molecular weight excluding hydrogens is 372 g/mol. The topological polar surface area (TPSA) is 0 Å². The van der Waals surface area contributed by atoms with Crippen molar-refractivity contribution in [1.29, 1.82) is 0 Å². The van der Waals surface area contributed by atoms with Crippen LogP contribution in [0.25, 0.3) is 0 Å². The van der Waals surface area contributed by atoms with Crippen molar-refractivity contribution < 1.29 is 0 Å². The minimum absolute atomic E-state index is 0.893. The Morgan fingerprint density at radius 2 is 1.61 bits per heavy atom. The number of allylic oxidation sites excluding steroid dienone is 5. The molecular formula is C31H50. The van der Waals surface area contributed by atoms with Gasteiger partial charge in [-0.2, -0.15) is 0 Å². The molecule has 0 aromatic heterocycles. The first kappa shape index (κ1) is 29.2. The fraction of sp³-hybridized carbons (Fsp3) is 0.548. The molecule has 2 aliphatic carbocycles. The second-order valence-corrected chi connectivity index (χ2v) is 8.82. The van der Waals surface area contributed by atoms with Crippen molar-refractivity contribution in [3.05, 3.63) is 83.5 Å². The van der Waals surface area contributed by atoms with Gasteiger partial charge in [0.25, 0.3) is 0 Å². The van der Waals surface area contributed by atoms with Gasteiger partial charge in [-0.25, -0.2) is 0 Å². The van der Waals surface area contributed by atoms with Crippen molar-refractivity contribution in [1.82, 2.24) is 0 Å². The average molecular weight is 423 g/mol. The Labute approximate surface area is 195 Å². The van der Waals surface area contributed by atoms with Crippen molar-refractivity contribution in [3.63, 3.8) is 0 Å². The van der Waals surface area contributed by atoms with Gasteiger partial charge in [0, 0.05) is 0 Å². The highest BCUT2D eigenvalue weighted by Gasteiger charge is 2.13. The second kappa shape index (κ2) is 17.8. The third-order valence-corrected chi connectivity index (χ3v) is 5.73. The Morgan fingerprint density at radius 1 is 1.00 bits per heavy atom. The van der Waals surface area contributed by atoms with Gasteiger partial charge in [0.05, 0.1) is 0 Å². The molecule has 0 N–H and O–H groups in total. The van der Waals surface area contributed by atoms with E-state index in [2.05, 4.69) is 77.8 Å². The van der Waals surface area contributed by atoms with Crippen LogP contribution in [0.5, 0.6) is 0 Å². The van der Waals surface area contributed by atoms with Crippen molar-refractivity contribution >= 4 is 0 Å². The minimum atomic E-state index is 0.893. The zero-order valence-corrected chi connectivity index (χ0v) is 21.7. The number of rotatable bonds is 4. The minimum Gasteiger partial charge on any atom is -0.100 e. The summed E-state index contributed by atoms with van der Waals surface area (Å²) in [7, 11) is 0. The number of hydrogen-bond donors (Lipinski definition) is 0. The molecule has 1 saturated carbocycles. The third-order valence-electron chi connectivity index (χ3n) is 5.73. The van der Waals surface area contributed by atoms with Crippen LogP contribution in [0.15, 0.2) is 72.4 Å². The van der Waals surface area contributed by atoms with Crippen molar-refractivity contribution in [2.45, 2.75) is 106 Å². The van der Waals surface area contributed by atoms with Crippen molar-refractivity contribution in [2.75, 3.05) is 0 Å². The summed E-state index contributed by atoms with van der Waals surface area (Å²) < 4.78 is 0. The molecule has 0 saturated heterocycles. The van der Waals surface area contributed by atoms with E-state index >= 15 is 0 Å². The van der Waals surface area contributed by atoms with Crippen LogP contribution in [0.4, 0.5) is 0 Å². The Morgan fingerprint density at radius 3 is 2.13 bits per heavy atom. The average Bonchev–Trinajstić information content (AvgIpc) is 2.77. The molecule has 1 unspecified atom stereocenters. The maximum atomic E-state index is 4.07. The molecule has 1 fully saturated rings. The molecule has 3 rings (SSSR count). The fourth-order valence-corrected chi connectivity index (χ4v) is 3.82. The molecule has 1 aromatic rings. The van der Waals surface area contributed by atoms with E-state index in [1.54, 1.807) is 11.1 Å². The van der Waals surface area contributed by atoms with Gasteiger partial charge in [-0.15, -0.1) is 6.58 Å².